The van der Waals surface area contributed by atoms with Crippen molar-refractivity contribution >= 4 is 37.8 Å². The summed E-state index contributed by atoms with van der Waals surface area (Å²) >= 11 is 6.01. The van der Waals surface area contributed by atoms with Gasteiger partial charge in [-0.05, 0) is 0 Å². The van der Waals surface area contributed by atoms with Gasteiger partial charge >= 0.3 is 5.97 Å². The number of methoxy groups -OCH3 is 1. The highest BCUT2D eigenvalue weighted by atomic mass is 79.9. The van der Waals surface area contributed by atoms with Crippen molar-refractivity contribution in [3.05, 3.63) is 5.33 Å². The number of ether oxygens (including phenoxy) is 1. The molecule has 0 aromatic rings. The van der Waals surface area contributed by atoms with Gasteiger partial charge in [0.1, 0.15) is 4.83 Å². The summed E-state index contributed by atoms with van der Waals surface area (Å²) in [7, 11) is 1.34. The quantitative estimate of drug-likeness (QED) is 0.544. The molecule has 0 N–H and O–H groups in total. The van der Waals surface area contributed by atoms with Crippen LogP contribution in [0.3, 0.4) is 0 Å². The summed E-state index contributed by atoms with van der Waals surface area (Å²) < 4.78 is 4.36. The van der Waals surface area contributed by atoms with E-state index in [0.717, 1.165) is 0 Å². The van der Waals surface area contributed by atoms with E-state index in [1.165, 1.54) is 12.4 Å². The fourth-order valence-electron chi connectivity index (χ4n) is 0.164. The van der Waals surface area contributed by atoms with Crippen LogP contribution in [0, 0.1) is 5.33 Å². The van der Waals surface area contributed by atoms with Gasteiger partial charge in [0.15, 0.2) is 0 Å². The van der Waals surface area contributed by atoms with Gasteiger partial charge in [0.2, 0.25) is 0 Å². The Labute approximate surface area is 64.8 Å². The Kier molecular flexibility index (Phi) is 4.56. The molecule has 0 rings (SSSR count). The summed E-state index contributed by atoms with van der Waals surface area (Å²) in [5.74, 6) is -0.304. The number of esters is 1. The van der Waals surface area contributed by atoms with Crippen molar-refractivity contribution < 1.29 is 9.53 Å². The van der Waals surface area contributed by atoms with Crippen LogP contribution in [-0.2, 0) is 9.53 Å². The van der Waals surface area contributed by atoms with Crippen molar-refractivity contribution in [2.45, 2.75) is 4.83 Å². The summed E-state index contributed by atoms with van der Waals surface area (Å²) in [6.45, 7) is 0. The van der Waals surface area contributed by atoms with Crippen LogP contribution in [0.5, 0.6) is 0 Å². The zero-order valence-corrected chi connectivity index (χ0v) is 7.40. The summed E-state index contributed by atoms with van der Waals surface area (Å²) in [6, 6.07) is 0. The van der Waals surface area contributed by atoms with Gasteiger partial charge in [0.05, 0.1) is 12.4 Å². The van der Waals surface area contributed by atoms with Crippen LogP contribution in [0.15, 0.2) is 0 Å². The number of carbonyl (C=O) groups excluding carboxylic acids is 1. The summed E-state index contributed by atoms with van der Waals surface area (Å²) in [6.07, 6.45) is 0. The molecule has 0 saturated carbocycles. The molecule has 0 amide bonds. The minimum absolute atomic E-state index is 0.304. The maximum Gasteiger partial charge on any atom is 0.320 e. The Balaban J connectivity index is 3.46. The fraction of sp³-hybridized carbons (Fsp3) is 0.500. The monoisotopic (exact) mass is 243 g/mol. The third-order valence-corrected chi connectivity index (χ3v) is 2.41. The largest absolute Gasteiger partial charge is 0.468 e. The predicted molar refractivity (Wildman–Crippen MR) is 38.0 cm³/mol. The minimum Gasteiger partial charge on any atom is -0.468 e. The Morgan fingerprint density at radius 1 is 1.88 bits per heavy atom. The molecule has 1 unspecified atom stereocenters. The molecule has 0 aromatic carbocycles. The predicted octanol–water partition coefficient (Wildman–Crippen LogP) is 1.48. The van der Waals surface area contributed by atoms with Crippen molar-refractivity contribution in [2.24, 2.45) is 0 Å². The highest BCUT2D eigenvalue weighted by Crippen LogP contribution is 2.09. The first-order chi connectivity index (χ1) is 3.72. The van der Waals surface area contributed by atoms with Gasteiger partial charge in [0.25, 0.3) is 0 Å². The SMILES string of the molecule is COC(=O)C(Br)[CH]Br. The molecule has 0 fully saturated rings. The molecule has 0 saturated heterocycles. The van der Waals surface area contributed by atoms with Crippen molar-refractivity contribution in [2.75, 3.05) is 7.11 Å². The van der Waals surface area contributed by atoms with Gasteiger partial charge in [-0.1, -0.05) is 31.9 Å². The van der Waals surface area contributed by atoms with Crippen molar-refractivity contribution in [1.82, 2.24) is 0 Å². The highest BCUT2D eigenvalue weighted by Gasteiger charge is 2.12. The molecule has 0 aliphatic carbocycles. The molecule has 4 heteroatoms. The summed E-state index contributed by atoms with van der Waals surface area (Å²) in [5, 5.41) is 1.53. The van der Waals surface area contributed by atoms with E-state index in [4.69, 9.17) is 0 Å². The number of halogens is 2. The van der Waals surface area contributed by atoms with E-state index >= 15 is 0 Å². The Hall–Kier alpha value is 0.430. The van der Waals surface area contributed by atoms with E-state index in [2.05, 4.69) is 36.6 Å². The number of carbonyl (C=O) groups is 1. The zero-order chi connectivity index (χ0) is 6.57. The third-order valence-electron chi connectivity index (χ3n) is 0.537. The molecule has 0 aromatic heterocycles. The van der Waals surface area contributed by atoms with Gasteiger partial charge < -0.3 is 4.74 Å². The number of rotatable bonds is 2. The molecule has 2 nitrogen and oxygen atoms in total. The number of alkyl halides is 1. The summed E-state index contributed by atoms with van der Waals surface area (Å²) in [4.78, 5) is 10.1. The number of hydrogen-bond acceptors (Lipinski definition) is 2. The van der Waals surface area contributed by atoms with Crippen LogP contribution < -0.4 is 0 Å². The molecule has 1 atom stereocenters. The van der Waals surface area contributed by atoms with Crippen LogP contribution in [0.2, 0.25) is 0 Å². The number of hydrogen-bond donors (Lipinski definition) is 0. The van der Waals surface area contributed by atoms with E-state index in [9.17, 15) is 4.79 Å². The van der Waals surface area contributed by atoms with Gasteiger partial charge in [-0.25, -0.2) is 0 Å². The van der Waals surface area contributed by atoms with Crippen LogP contribution in [-0.4, -0.2) is 17.9 Å². The van der Waals surface area contributed by atoms with Crippen molar-refractivity contribution in [3.63, 3.8) is 0 Å². The molecule has 0 heterocycles. The molecule has 0 spiro atoms. The Morgan fingerprint density at radius 3 is 2.50 bits per heavy atom. The second-order valence-electron chi connectivity index (χ2n) is 1.05. The standard InChI is InChI=1S/C4H5Br2O2/c1-8-4(7)3(6)2-5/h2-3H,1H3. The zero-order valence-electron chi connectivity index (χ0n) is 4.23. The third kappa shape index (κ3) is 2.67. The normalized spacial score (nSPS) is 12.9. The second kappa shape index (κ2) is 4.32. The molecular formula is C4H5Br2O2. The van der Waals surface area contributed by atoms with E-state index in [-0.39, 0.29) is 10.8 Å². The highest BCUT2D eigenvalue weighted by molar-refractivity contribution is 9.13. The van der Waals surface area contributed by atoms with Crippen LogP contribution >= 0.6 is 31.9 Å². The first kappa shape index (κ1) is 8.43. The maximum atomic E-state index is 10.4. The first-order valence-corrected chi connectivity index (χ1v) is 3.71. The lowest BCUT2D eigenvalue weighted by Gasteiger charge is -1.99. The Morgan fingerprint density at radius 2 is 2.38 bits per heavy atom. The van der Waals surface area contributed by atoms with E-state index in [1.54, 1.807) is 0 Å². The van der Waals surface area contributed by atoms with Crippen LogP contribution in [0.1, 0.15) is 0 Å². The van der Waals surface area contributed by atoms with Crippen molar-refractivity contribution in [1.29, 1.82) is 0 Å². The average Bonchev–Trinajstić information content (AvgIpc) is 1.84. The molecular weight excluding hydrogens is 240 g/mol. The maximum absolute atomic E-state index is 10.4. The topological polar surface area (TPSA) is 26.3 Å². The lowest BCUT2D eigenvalue weighted by atomic mass is 10.5. The first-order valence-electron chi connectivity index (χ1n) is 1.87. The van der Waals surface area contributed by atoms with E-state index in [1.807, 2.05) is 0 Å². The molecule has 1 radical (unpaired) electrons. The average molecular weight is 245 g/mol. The van der Waals surface area contributed by atoms with Gasteiger partial charge in [-0.15, -0.1) is 0 Å². The van der Waals surface area contributed by atoms with E-state index in [0.29, 0.717) is 0 Å². The van der Waals surface area contributed by atoms with Crippen LogP contribution in [0.25, 0.3) is 0 Å². The van der Waals surface area contributed by atoms with Gasteiger partial charge in [-0.3, -0.25) is 4.79 Å². The molecule has 0 aliphatic rings. The lowest BCUT2D eigenvalue weighted by molar-refractivity contribution is -0.138. The summed E-state index contributed by atoms with van der Waals surface area (Å²) in [5.41, 5.74) is 0. The Bertz CT molecular complexity index is 84.1. The molecule has 0 bridgehead atoms. The van der Waals surface area contributed by atoms with E-state index < -0.39 is 0 Å². The van der Waals surface area contributed by atoms with Gasteiger partial charge in [-0.2, -0.15) is 0 Å². The fourth-order valence-corrected chi connectivity index (χ4v) is 0.567. The molecule has 8 heavy (non-hydrogen) atoms. The van der Waals surface area contributed by atoms with Crippen LogP contribution in [0.4, 0.5) is 0 Å². The van der Waals surface area contributed by atoms with Gasteiger partial charge in [0, 0.05) is 0 Å². The lowest BCUT2D eigenvalue weighted by Crippen LogP contribution is -2.13. The molecule has 47 valence electrons. The minimum atomic E-state index is -0.340. The van der Waals surface area contributed by atoms with Crippen molar-refractivity contribution in [3.8, 4) is 0 Å². The molecule has 0 aliphatic heterocycles. The smallest absolute Gasteiger partial charge is 0.320 e. The second-order valence-corrected chi connectivity index (χ2v) is 2.57.